The van der Waals surface area contributed by atoms with Crippen LogP contribution in [0.3, 0.4) is 0 Å². The predicted octanol–water partition coefficient (Wildman–Crippen LogP) is 2.35. The minimum Gasteiger partial charge on any atom is -0.374 e. The minimum atomic E-state index is -4.47. The molecule has 1 aliphatic rings. The van der Waals surface area contributed by atoms with Crippen molar-refractivity contribution in [2.75, 3.05) is 29.9 Å². The van der Waals surface area contributed by atoms with Crippen molar-refractivity contribution in [1.82, 2.24) is 14.6 Å². The predicted molar refractivity (Wildman–Crippen MR) is 73.7 cm³/mol. The second-order valence-electron chi connectivity index (χ2n) is 4.70. The van der Waals surface area contributed by atoms with Crippen LogP contribution >= 0.6 is 15.9 Å². The van der Waals surface area contributed by atoms with Gasteiger partial charge in [0, 0.05) is 36.9 Å². The highest BCUT2D eigenvalue weighted by Crippen LogP contribution is 2.31. The Hall–Kier alpha value is -1.35. The zero-order chi connectivity index (χ0) is 15.0. The number of fused-ring (bicyclic) bond motifs is 1. The van der Waals surface area contributed by atoms with E-state index in [9.17, 15) is 13.2 Å². The molecular formula is C12H12BrF3N4O. The highest BCUT2D eigenvalue weighted by atomic mass is 79.9. The molecule has 1 atom stereocenters. The SMILES string of the molecule is FC(F)(F)c1cc2c(N3CCOC(CBr)C3)nccn2n1. The number of morpholine rings is 1. The first-order chi connectivity index (χ1) is 9.99. The van der Waals surface area contributed by atoms with Gasteiger partial charge in [-0.1, -0.05) is 15.9 Å². The third kappa shape index (κ3) is 2.84. The number of halogens is 4. The molecule has 3 rings (SSSR count). The lowest BCUT2D eigenvalue weighted by Crippen LogP contribution is -2.43. The first kappa shape index (κ1) is 14.6. The zero-order valence-corrected chi connectivity index (χ0v) is 12.4. The fourth-order valence-electron chi connectivity index (χ4n) is 2.30. The molecule has 9 heteroatoms. The van der Waals surface area contributed by atoms with E-state index in [1.54, 1.807) is 0 Å². The second-order valence-corrected chi connectivity index (χ2v) is 5.35. The second kappa shape index (κ2) is 5.45. The average Bonchev–Trinajstić information content (AvgIpc) is 2.91. The molecule has 3 heterocycles. The molecule has 0 spiro atoms. The van der Waals surface area contributed by atoms with Crippen molar-refractivity contribution in [2.45, 2.75) is 12.3 Å². The van der Waals surface area contributed by atoms with E-state index in [0.29, 0.717) is 36.4 Å². The van der Waals surface area contributed by atoms with Gasteiger partial charge in [0.1, 0.15) is 5.52 Å². The third-order valence-corrected chi connectivity index (χ3v) is 3.99. The van der Waals surface area contributed by atoms with Gasteiger partial charge in [0.15, 0.2) is 11.5 Å². The van der Waals surface area contributed by atoms with Crippen molar-refractivity contribution in [3.8, 4) is 0 Å². The van der Waals surface area contributed by atoms with E-state index >= 15 is 0 Å². The smallest absolute Gasteiger partial charge is 0.374 e. The van der Waals surface area contributed by atoms with E-state index in [-0.39, 0.29) is 6.10 Å². The van der Waals surface area contributed by atoms with Gasteiger partial charge >= 0.3 is 6.18 Å². The highest BCUT2D eigenvalue weighted by molar-refractivity contribution is 9.09. The Balaban J connectivity index is 2.00. The lowest BCUT2D eigenvalue weighted by atomic mass is 10.3. The van der Waals surface area contributed by atoms with Crippen LogP contribution in [0.1, 0.15) is 5.69 Å². The number of ether oxygens (including phenoxy) is 1. The van der Waals surface area contributed by atoms with Gasteiger partial charge in [0.25, 0.3) is 0 Å². The molecular weight excluding hydrogens is 353 g/mol. The van der Waals surface area contributed by atoms with E-state index < -0.39 is 11.9 Å². The number of anilines is 1. The van der Waals surface area contributed by atoms with Crippen molar-refractivity contribution >= 4 is 27.3 Å². The Kier molecular flexibility index (Phi) is 3.78. The van der Waals surface area contributed by atoms with E-state index in [1.165, 1.54) is 16.9 Å². The molecule has 0 aliphatic carbocycles. The number of hydrogen-bond donors (Lipinski definition) is 0. The van der Waals surface area contributed by atoms with Crippen LogP contribution in [0.15, 0.2) is 18.5 Å². The molecule has 114 valence electrons. The summed E-state index contributed by atoms with van der Waals surface area (Å²) in [6, 6.07) is 1.03. The number of alkyl halides is 4. The van der Waals surface area contributed by atoms with Crippen LogP contribution in [0.5, 0.6) is 0 Å². The van der Waals surface area contributed by atoms with Crippen LogP contribution in [0, 0.1) is 0 Å². The first-order valence-electron chi connectivity index (χ1n) is 6.33. The lowest BCUT2D eigenvalue weighted by molar-refractivity contribution is -0.141. The van der Waals surface area contributed by atoms with Gasteiger partial charge in [0.05, 0.1) is 12.7 Å². The Bertz CT molecular complexity index is 645. The number of rotatable bonds is 2. The van der Waals surface area contributed by atoms with E-state index in [2.05, 4.69) is 26.0 Å². The fraction of sp³-hybridized carbons (Fsp3) is 0.500. The topological polar surface area (TPSA) is 42.7 Å². The summed E-state index contributed by atoms with van der Waals surface area (Å²) in [7, 11) is 0. The quantitative estimate of drug-likeness (QED) is 0.767. The summed E-state index contributed by atoms with van der Waals surface area (Å²) in [5.74, 6) is 0.495. The molecule has 5 nitrogen and oxygen atoms in total. The summed E-state index contributed by atoms with van der Waals surface area (Å²) in [5, 5.41) is 4.23. The van der Waals surface area contributed by atoms with Crippen molar-refractivity contribution in [1.29, 1.82) is 0 Å². The average molecular weight is 365 g/mol. The fourth-order valence-corrected chi connectivity index (χ4v) is 2.69. The van der Waals surface area contributed by atoms with Gasteiger partial charge in [-0.05, 0) is 0 Å². The maximum absolute atomic E-state index is 12.8. The molecule has 21 heavy (non-hydrogen) atoms. The van der Waals surface area contributed by atoms with Gasteiger partial charge in [-0.3, -0.25) is 0 Å². The molecule has 2 aromatic rings. The monoisotopic (exact) mass is 364 g/mol. The molecule has 0 aromatic carbocycles. The molecule has 0 bridgehead atoms. The summed E-state index contributed by atoms with van der Waals surface area (Å²) >= 11 is 3.35. The molecule has 0 saturated carbocycles. The summed E-state index contributed by atoms with van der Waals surface area (Å²) in [5.41, 5.74) is -0.568. The van der Waals surface area contributed by atoms with Crippen LogP contribution in [-0.2, 0) is 10.9 Å². The number of hydrogen-bond acceptors (Lipinski definition) is 4. The summed E-state index contributed by atoms with van der Waals surface area (Å²) < 4.78 is 45.1. The Labute approximate surface area is 126 Å². The van der Waals surface area contributed by atoms with Gasteiger partial charge in [-0.15, -0.1) is 0 Å². The van der Waals surface area contributed by atoms with Crippen LogP contribution in [0.25, 0.3) is 5.52 Å². The molecule has 1 aliphatic heterocycles. The van der Waals surface area contributed by atoms with Gasteiger partial charge < -0.3 is 9.64 Å². The van der Waals surface area contributed by atoms with Crippen LogP contribution in [-0.4, -0.2) is 45.7 Å². The number of nitrogens with zero attached hydrogens (tertiary/aromatic N) is 4. The molecule has 0 N–H and O–H groups in total. The van der Waals surface area contributed by atoms with Crippen molar-refractivity contribution < 1.29 is 17.9 Å². The van der Waals surface area contributed by atoms with Gasteiger partial charge in [0.2, 0.25) is 0 Å². The maximum Gasteiger partial charge on any atom is 0.435 e. The van der Waals surface area contributed by atoms with Crippen molar-refractivity contribution in [3.63, 3.8) is 0 Å². The third-order valence-electron chi connectivity index (χ3n) is 3.27. The Morgan fingerprint density at radius 3 is 2.95 bits per heavy atom. The normalized spacial score (nSPS) is 20.2. The largest absolute Gasteiger partial charge is 0.435 e. The van der Waals surface area contributed by atoms with E-state index in [0.717, 1.165) is 6.07 Å². The molecule has 2 aromatic heterocycles. The molecule has 0 radical (unpaired) electrons. The standard InChI is InChI=1S/C12H12BrF3N4O/c13-6-8-7-19(3-4-21-8)11-9-5-10(12(14,15)16)18-20(9)2-1-17-11/h1-2,5,8H,3-4,6-7H2. The summed E-state index contributed by atoms with van der Waals surface area (Å²) in [4.78, 5) is 6.14. The minimum absolute atomic E-state index is 0.00851. The maximum atomic E-state index is 12.8. The van der Waals surface area contributed by atoms with E-state index in [4.69, 9.17) is 4.74 Å². The molecule has 0 amide bonds. The Morgan fingerprint density at radius 2 is 2.24 bits per heavy atom. The van der Waals surface area contributed by atoms with Crippen LogP contribution < -0.4 is 4.90 Å². The van der Waals surface area contributed by atoms with E-state index in [1.807, 2.05) is 4.90 Å². The highest BCUT2D eigenvalue weighted by Gasteiger charge is 2.35. The molecule has 1 fully saturated rings. The zero-order valence-electron chi connectivity index (χ0n) is 10.8. The van der Waals surface area contributed by atoms with Gasteiger partial charge in [-0.2, -0.15) is 18.3 Å². The lowest BCUT2D eigenvalue weighted by Gasteiger charge is -2.33. The van der Waals surface area contributed by atoms with Crippen molar-refractivity contribution in [2.24, 2.45) is 0 Å². The van der Waals surface area contributed by atoms with Crippen molar-refractivity contribution in [3.05, 3.63) is 24.2 Å². The van der Waals surface area contributed by atoms with Gasteiger partial charge in [-0.25, -0.2) is 9.50 Å². The molecule has 1 unspecified atom stereocenters. The first-order valence-corrected chi connectivity index (χ1v) is 7.45. The van der Waals surface area contributed by atoms with Crippen LogP contribution in [0.2, 0.25) is 0 Å². The number of aromatic nitrogens is 3. The summed E-state index contributed by atoms with van der Waals surface area (Å²) in [6.07, 6.45) is -1.61. The summed E-state index contributed by atoms with van der Waals surface area (Å²) in [6.45, 7) is 1.67. The molecule has 1 saturated heterocycles. The Morgan fingerprint density at radius 1 is 1.43 bits per heavy atom. The van der Waals surface area contributed by atoms with Crippen LogP contribution in [0.4, 0.5) is 19.0 Å².